The monoisotopic (exact) mass is 420 g/mol. The second-order valence-corrected chi connectivity index (χ2v) is 7.32. The minimum absolute atomic E-state index is 0.0486. The lowest BCUT2D eigenvalue weighted by molar-refractivity contribution is -0.130. The van der Waals surface area contributed by atoms with E-state index in [9.17, 15) is 9.59 Å². The Balaban J connectivity index is 1.60. The number of hydrogen-bond donors (Lipinski definition) is 1. The van der Waals surface area contributed by atoms with Gasteiger partial charge in [0, 0.05) is 24.9 Å². The van der Waals surface area contributed by atoms with E-state index in [-0.39, 0.29) is 17.7 Å². The maximum absolute atomic E-state index is 12.7. The van der Waals surface area contributed by atoms with Crippen LogP contribution < -0.4 is 14.8 Å². The first-order chi connectivity index (χ1) is 15.1. The van der Waals surface area contributed by atoms with Crippen LogP contribution in [0, 0.1) is 5.92 Å². The number of nitrogens with one attached hydrogen (secondary N) is 1. The molecule has 2 aromatic carbocycles. The Hall–Kier alpha value is -3.54. The zero-order valence-electron chi connectivity index (χ0n) is 17.8. The summed E-state index contributed by atoms with van der Waals surface area (Å²) in [4.78, 5) is 27.0. The van der Waals surface area contributed by atoms with E-state index in [4.69, 9.17) is 9.47 Å². The minimum atomic E-state index is -0.215. The molecular formula is C25H28N2O4. The van der Waals surface area contributed by atoms with Crippen molar-refractivity contribution in [2.75, 3.05) is 32.1 Å². The van der Waals surface area contributed by atoms with Crippen LogP contribution in [0.25, 0.3) is 6.08 Å². The summed E-state index contributed by atoms with van der Waals surface area (Å²) < 4.78 is 10.9. The number of para-hydroxylation sites is 1. The smallest absolute Gasteiger partial charge is 0.246 e. The Morgan fingerprint density at radius 3 is 2.74 bits per heavy atom. The molecule has 6 nitrogen and oxygen atoms in total. The number of amides is 2. The first-order valence-electron chi connectivity index (χ1n) is 10.4. The number of rotatable bonds is 8. The van der Waals surface area contributed by atoms with Gasteiger partial charge in [-0.05, 0) is 48.7 Å². The average Bonchev–Trinajstić information content (AvgIpc) is 2.82. The van der Waals surface area contributed by atoms with Gasteiger partial charge in [-0.25, -0.2) is 0 Å². The summed E-state index contributed by atoms with van der Waals surface area (Å²) in [6, 6.07) is 14.8. The van der Waals surface area contributed by atoms with Gasteiger partial charge in [-0.3, -0.25) is 9.59 Å². The number of methoxy groups -OCH3 is 1. The van der Waals surface area contributed by atoms with Crippen molar-refractivity contribution in [1.82, 2.24) is 4.90 Å². The van der Waals surface area contributed by atoms with Crippen LogP contribution in [0.5, 0.6) is 11.5 Å². The summed E-state index contributed by atoms with van der Waals surface area (Å²) >= 11 is 0. The molecule has 0 spiro atoms. The van der Waals surface area contributed by atoms with Crippen LogP contribution >= 0.6 is 0 Å². The van der Waals surface area contributed by atoms with Gasteiger partial charge in [-0.2, -0.15) is 0 Å². The molecule has 162 valence electrons. The molecule has 2 aromatic rings. The summed E-state index contributed by atoms with van der Waals surface area (Å²) in [5.41, 5.74) is 1.59. The number of ether oxygens (including phenoxy) is 2. The first-order valence-corrected chi connectivity index (χ1v) is 10.4. The molecule has 1 saturated heterocycles. The Labute approximate surface area is 183 Å². The van der Waals surface area contributed by atoms with Crippen molar-refractivity contribution in [3.8, 4) is 11.5 Å². The summed E-state index contributed by atoms with van der Waals surface area (Å²) in [6.45, 7) is 5.09. The van der Waals surface area contributed by atoms with E-state index in [1.807, 2.05) is 42.5 Å². The minimum Gasteiger partial charge on any atom is -0.493 e. The Morgan fingerprint density at radius 1 is 1.19 bits per heavy atom. The van der Waals surface area contributed by atoms with E-state index in [1.54, 1.807) is 30.2 Å². The molecule has 0 unspecified atom stereocenters. The normalized spacial score (nSPS) is 16.0. The standard InChI is InChI=1S/C25H28N2O4/c1-3-16-31-22-13-11-19(17-23(22)30-2)12-14-24(28)27-15-7-8-20(18-27)25(29)26-21-9-5-4-6-10-21/h3-6,9-14,17,20H,1,7-8,15-16,18H2,2H3,(H,26,29)/b14-12+/t20-/m0/s1. The van der Waals surface area contributed by atoms with Crippen LogP contribution in [-0.4, -0.2) is 43.5 Å². The number of hydrogen-bond acceptors (Lipinski definition) is 4. The molecule has 0 bridgehead atoms. The molecule has 0 aromatic heterocycles. The highest BCUT2D eigenvalue weighted by Gasteiger charge is 2.27. The van der Waals surface area contributed by atoms with Gasteiger partial charge < -0.3 is 19.7 Å². The Kier molecular flexibility index (Phi) is 7.87. The predicted octanol–water partition coefficient (Wildman–Crippen LogP) is 4.15. The third kappa shape index (κ3) is 6.22. The van der Waals surface area contributed by atoms with E-state index < -0.39 is 0 Å². The van der Waals surface area contributed by atoms with Gasteiger partial charge in [-0.15, -0.1) is 0 Å². The third-order valence-corrected chi connectivity index (χ3v) is 5.11. The van der Waals surface area contributed by atoms with Crippen molar-refractivity contribution >= 4 is 23.6 Å². The van der Waals surface area contributed by atoms with Gasteiger partial charge in [0.25, 0.3) is 0 Å². The molecule has 31 heavy (non-hydrogen) atoms. The number of piperidine rings is 1. The van der Waals surface area contributed by atoms with Gasteiger partial charge in [0.15, 0.2) is 11.5 Å². The molecule has 1 aliphatic heterocycles. The maximum Gasteiger partial charge on any atom is 0.246 e. The summed E-state index contributed by atoms with van der Waals surface area (Å²) in [6.07, 6.45) is 6.52. The highest BCUT2D eigenvalue weighted by Crippen LogP contribution is 2.28. The number of benzene rings is 2. The molecule has 0 saturated carbocycles. The van der Waals surface area contributed by atoms with Crippen molar-refractivity contribution in [1.29, 1.82) is 0 Å². The van der Waals surface area contributed by atoms with Crippen molar-refractivity contribution < 1.29 is 19.1 Å². The molecule has 3 rings (SSSR count). The quantitative estimate of drug-likeness (QED) is 0.515. The highest BCUT2D eigenvalue weighted by molar-refractivity contribution is 5.95. The summed E-state index contributed by atoms with van der Waals surface area (Å²) in [5.74, 6) is 0.838. The van der Waals surface area contributed by atoms with Gasteiger partial charge in [0.2, 0.25) is 11.8 Å². The van der Waals surface area contributed by atoms with E-state index >= 15 is 0 Å². The van der Waals surface area contributed by atoms with Crippen LogP contribution in [0.3, 0.4) is 0 Å². The zero-order valence-corrected chi connectivity index (χ0v) is 17.8. The molecule has 1 fully saturated rings. The Morgan fingerprint density at radius 2 is 2.00 bits per heavy atom. The molecule has 1 heterocycles. The van der Waals surface area contributed by atoms with Crippen molar-refractivity contribution in [3.05, 3.63) is 72.8 Å². The second-order valence-electron chi connectivity index (χ2n) is 7.32. The molecule has 1 aliphatic rings. The number of nitrogens with zero attached hydrogens (tertiary/aromatic N) is 1. The molecule has 0 radical (unpaired) electrons. The van der Waals surface area contributed by atoms with Gasteiger partial charge in [0.05, 0.1) is 13.0 Å². The molecule has 1 atom stereocenters. The van der Waals surface area contributed by atoms with Crippen LogP contribution in [-0.2, 0) is 9.59 Å². The van der Waals surface area contributed by atoms with E-state index in [2.05, 4.69) is 11.9 Å². The molecular weight excluding hydrogens is 392 g/mol. The third-order valence-electron chi connectivity index (χ3n) is 5.11. The van der Waals surface area contributed by atoms with Crippen LogP contribution in [0.2, 0.25) is 0 Å². The van der Waals surface area contributed by atoms with Crippen molar-refractivity contribution in [3.63, 3.8) is 0 Å². The van der Waals surface area contributed by atoms with Crippen molar-refractivity contribution in [2.24, 2.45) is 5.92 Å². The largest absolute Gasteiger partial charge is 0.493 e. The fourth-order valence-electron chi connectivity index (χ4n) is 3.49. The number of anilines is 1. The number of likely N-dealkylation sites (tertiary alicyclic amines) is 1. The highest BCUT2D eigenvalue weighted by atomic mass is 16.5. The second kappa shape index (κ2) is 11.0. The average molecular weight is 421 g/mol. The van der Waals surface area contributed by atoms with Crippen LogP contribution in [0.4, 0.5) is 5.69 Å². The maximum atomic E-state index is 12.7. The lowest BCUT2D eigenvalue weighted by Gasteiger charge is -2.31. The SMILES string of the molecule is C=CCOc1ccc(/C=C/C(=O)N2CCC[C@H](C(=O)Nc3ccccc3)C2)cc1OC. The summed E-state index contributed by atoms with van der Waals surface area (Å²) in [7, 11) is 1.57. The van der Waals surface area contributed by atoms with E-state index in [1.165, 1.54) is 6.08 Å². The van der Waals surface area contributed by atoms with E-state index in [0.717, 1.165) is 24.1 Å². The predicted molar refractivity (Wildman–Crippen MR) is 122 cm³/mol. The molecule has 1 N–H and O–H groups in total. The van der Waals surface area contributed by atoms with Gasteiger partial charge in [0.1, 0.15) is 6.61 Å². The van der Waals surface area contributed by atoms with E-state index in [0.29, 0.717) is 31.2 Å². The topological polar surface area (TPSA) is 67.9 Å². The lowest BCUT2D eigenvalue weighted by atomic mass is 9.97. The zero-order chi connectivity index (χ0) is 22.1. The van der Waals surface area contributed by atoms with Crippen LogP contribution in [0.15, 0.2) is 67.3 Å². The lowest BCUT2D eigenvalue weighted by Crippen LogP contribution is -2.43. The van der Waals surface area contributed by atoms with Crippen molar-refractivity contribution in [2.45, 2.75) is 12.8 Å². The molecule has 2 amide bonds. The first kappa shape index (κ1) is 22.2. The van der Waals surface area contributed by atoms with Gasteiger partial charge in [-0.1, -0.05) is 36.9 Å². The number of carbonyl (C=O) groups excluding carboxylic acids is 2. The fourth-order valence-corrected chi connectivity index (χ4v) is 3.49. The molecule has 6 heteroatoms. The molecule has 0 aliphatic carbocycles. The van der Waals surface area contributed by atoms with Gasteiger partial charge >= 0.3 is 0 Å². The summed E-state index contributed by atoms with van der Waals surface area (Å²) in [5, 5.41) is 2.93. The Bertz CT molecular complexity index is 940. The van der Waals surface area contributed by atoms with Crippen LogP contribution in [0.1, 0.15) is 18.4 Å². The number of carbonyl (C=O) groups is 2. The fraction of sp³-hybridized carbons (Fsp3) is 0.280.